The van der Waals surface area contributed by atoms with E-state index in [2.05, 4.69) is 0 Å². The fourth-order valence-electron chi connectivity index (χ4n) is 1.41. The number of nitrogens with zero attached hydrogens (tertiary/aromatic N) is 2. The van der Waals surface area contributed by atoms with E-state index in [-0.39, 0.29) is 11.6 Å². The van der Waals surface area contributed by atoms with Crippen LogP contribution in [0.15, 0.2) is 18.3 Å². The average Bonchev–Trinajstić information content (AvgIpc) is 2.64. The lowest BCUT2D eigenvalue weighted by atomic mass is 10.3. The number of aromatic nitrogens is 1. The maximum atomic E-state index is 12.2. The highest BCUT2D eigenvalue weighted by Crippen LogP contribution is 2.08. The second-order valence-corrected chi connectivity index (χ2v) is 3.45. The molecule has 1 aromatic rings. The number of alkyl halides is 2. The van der Waals surface area contributed by atoms with E-state index in [1.54, 1.807) is 13.1 Å². The molecule has 0 saturated heterocycles. The molecule has 0 spiro atoms. The molecule has 6 heteroatoms. The maximum absolute atomic E-state index is 12.2. The van der Waals surface area contributed by atoms with Crippen molar-refractivity contribution in [2.24, 2.45) is 5.73 Å². The predicted molar refractivity (Wildman–Crippen MR) is 56.5 cm³/mol. The fraction of sp³-hybridized carbons (Fsp3) is 0.500. The summed E-state index contributed by atoms with van der Waals surface area (Å²) in [5, 5.41) is 0. The largest absolute Gasteiger partial charge is 0.339 e. The van der Waals surface area contributed by atoms with Crippen LogP contribution in [-0.2, 0) is 6.54 Å². The van der Waals surface area contributed by atoms with Crippen molar-refractivity contribution < 1.29 is 13.6 Å². The average molecular weight is 231 g/mol. The van der Waals surface area contributed by atoms with Crippen molar-refractivity contribution >= 4 is 5.91 Å². The minimum atomic E-state index is -2.47. The lowest BCUT2D eigenvalue weighted by Crippen LogP contribution is -2.33. The van der Waals surface area contributed by atoms with Gasteiger partial charge in [0.2, 0.25) is 0 Å². The molecule has 0 aliphatic rings. The molecule has 0 aromatic carbocycles. The first-order valence-electron chi connectivity index (χ1n) is 4.95. The van der Waals surface area contributed by atoms with Gasteiger partial charge in [-0.15, -0.1) is 0 Å². The van der Waals surface area contributed by atoms with E-state index < -0.39 is 13.0 Å². The number of hydrogen-bond donors (Lipinski definition) is 1. The minimum Gasteiger partial charge on any atom is -0.339 e. The summed E-state index contributed by atoms with van der Waals surface area (Å²) in [6.45, 7) is 0.279. The third-order valence-corrected chi connectivity index (χ3v) is 2.19. The third-order valence-electron chi connectivity index (χ3n) is 2.19. The van der Waals surface area contributed by atoms with E-state index in [4.69, 9.17) is 5.73 Å². The molecule has 1 amide bonds. The van der Waals surface area contributed by atoms with Crippen molar-refractivity contribution in [2.75, 3.05) is 20.1 Å². The van der Waals surface area contributed by atoms with Crippen LogP contribution in [0.4, 0.5) is 8.78 Å². The fourth-order valence-corrected chi connectivity index (χ4v) is 1.41. The third kappa shape index (κ3) is 3.03. The Labute approximate surface area is 92.6 Å². The van der Waals surface area contributed by atoms with Crippen LogP contribution >= 0.6 is 0 Å². The number of likely N-dealkylation sites (N-methyl/N-ethyl adjacent to an activating group) is 1. The first-order chi connectivity index (χ1) is 7.56. The summed E-state index contributed by atoms with van der Waals surface area (Å²) in [4.78, 5) is 13.2. The number of carbonyl (C=O) groups excluding carboxylic acids is 1. The standard InChI is InChI=1S/C10H15F2N3O/c1-14(6-4-13)10(16)8-3-2-5-15(8)7-9(11)12/h2-3,5,9H,4,6-7,13H2,1H3. The van der Waals surface area contributed by atoms with Gasteiger partial charge in [-0.1, -0.05) is 0 Å². The number of carbonyl (C=O) groups is 1. The number of amides is 1. The molecule has 0 bridgehead atoms. The van der Waals surface area contributed by atoms with Gasteiger partial charge >= 0.3 is 0 Å². The minimum absolute atomic E-state index is 0.260. The maximum Gasteiger partial charge on any atom is 0.270 e. The molecule has 1 rings (SSSR count). The van der Waals surface area contributed by atoms with Crippen molar-refractivity contribution in [2.45, 2.75) is 13.0 Å². The molecule has 90 valence electrons. The van der Waals surface area contributed by atoms with Crippen molar-refractivity contribution in [1.82, 2.24) is 9.47 Å². The molecule has 2 N–H and O–H groups in total. The topological polar surface area (TPSA) is 51.3 Å². The van der Waals surface area contributed by atoms with E-state index in [1.807, 2.05) is 0 Å². The summed E-state index contributed by atoms with van der Waals surface area (Å²) in [5.41, 5.74) is 5.58. The van der Waals surface area contributed by atoms with Gasteiger partial charge < -0.3 is 15.2 Å². The highest BCUT2D eigenvalue weighted by Gasteiger charge is 2.16. The van der Waals surface area contributed by atoms with Crippen molar-refractivity contribution in [3.63, 3.8) is 0 Å². The van der Waals surface area contributed by atoms with Gasteiger partial charge in [-0.25, -0.2) is 8.78 Å². The number of halogens is 2. The zero-order chi connectivity index (χ0) is 12.1. The molecule has 4 nitrogen and oxygen atoms in total. The van der Waals surface area contributed by atoms with Crippen molar-refractivity contribution in [3.8, 4) is 0 Å². The van der Waals surface area contributed by atoms with E-state index in [0.29, 0.717) is 13.1 Å². The summed E-state index contributed by atoms with van der Waals surface area (Å²) in [6, 6.07) is 3.10. The number of rotatable bonds is 5. The summed E-state index contributed by atoms with van der Waals surface area (Å²) in [6.07, 6.45) is -1.01. The van der Waals surface area contributed by atoms with Gasteiger partial charge in [0, 0.05) is 26.3 Å². The second kappa shape index (κ2) is 5.60. The van der Waals surface area contributed by atoms with Crippen LogP contribution in [0.3, 0.4) is 0 Å². The molecule has 0 fully saturated rings. The van der Waals surface area contributed by atoms with E-state index in [1.165, 1.54) is 21.7 Å². The molecule has 0 saturated carbocycles. The summed E-state index contributed by atoms with van der Waals surface area (Å²) in [5.74, 6) is -0.295. The number of nitrogens with two attached hydrogens (primary N) is 1. The van der Waals surface area contributed by atoms with Crippen LogP contribution in [0.1, 0.15) is 10.5 Å². The molecule has 0 unspecified atom stereocenters. The van der Waals surface area contributed by atoms with Gasteiger partial charge in [-0.2, -0.15) is 0 Å². The van der Waals surface area contributed by atoms with Crippen molar-refractivity contribution in [3.05, 3.63) is 24.0 Å². The molecule has 0 atom stereocenters. The Morgan fingerprint density at radius 3 is 2.88 bits per heavy atom. The predicted octanol–water partition coefficient (Wildman–Crippen LogP) is 0.784. The molecule has 1 heterocycles. The Hall–Kier alpha value is -1.43. The van der Waals surface area contributed by atoms with Gasteiger partial charge in [0.25, 0.3) is 12.3 Å². The molecular formula is C10H15F2N3O. The molecule has 0 aliphatic heterocycles. The molecule has 0 radical (unpaired) electrons. The zero-order valence-corrected chi connectivity index (χ0v) is 9.07. The Balaban J connectivity index is 2.79. The quantitative estimate of drug-likeness (QED) is 0.814. The van der Waals surface area contributed by atoms with Gasteiger partial charge in [0.1, 0.15) is 5.69 Å². The van der Waals surface area contributed by atoms with Crippen LogP contribution in [0.25, 0.3) is 0 Å². The van der Waals surface area contributed by atoms with Gasteiger partial charge in [-0.05, 0) is 12.1 Å². The SMILES string of the molecule is CN(CCN)C(=O)c1cccn1CC(F)F. The van der Waals surface area contributed by atoms with Crippen LogP contribution in [0.5, 0.6) is 0 Å². The normalized spacial score (nSPS) is 10.8. The molecular weight excluding hydrogens is 216 g/mol. The first kappa shape index (κ1) is 12.6. The Morgan fingerprint density at radius 2 is 2.31 bits per heavy atom. The monoisotopic (exact) mass is 231 g/mol. The van der Waals surface area contributed by atoms with Gasteiger partial charge in [0.15, 0.2) is 0 Å². The van der Waals surface area contributed by atoms with Gasteiger partial charge in [0.05, 0.1) is 6.54 Å². The highest BCUT2D eigenvalue weighted by molar-refractivity contribution is 5.92. The Morgan fingerprint density at radius 1 is 1.62 bits per heavy atom. The van der Waals surface area contributed by atoms with Crippen LogP contribution < -0.4 is 5.73 Å². The lowest BCUT2D eigenvalue weighted by Gasteiger charge is -2.17. The smallest absolute Gasteiger partial charge is 0.270 e. The lowest BCUT2D eigenvalue weighted by molar-refractivity contribution is 0.0778. The molecule has 16 heavy (non-hydrogen) atoms. The second-order valence-electron chi connectivity index (χ2n) is 3.45. The Bertz CT molecular complexity index is 352. The zero-order valence-electron chi connectivity index (χ0n) is 9.07. The first-order valence-corrected chi connectivity index (χ1v) is 4.95. The molecule has 1 aromatic heterocycles. The summed E-state index contributed by atoms with van der Waals surface area (Å²) in [7, 11) is 1.59. The van der Waals surface area contributed by atoms with Crippen molar-refractivity contribution in [1.29, 1.82) is 0 Å². The van der Waals surface area contributed by atoms with Crippen LogP contribution in [-0.4, -0.2) is 41.9 Å². The Kier molecular flexibility index (Phi) is 4.42. The summed E-state index contributed by atoms with van der Waals surface area (Å²) < 4.78 is 25.7. The van der Waals surface area contributed by atoms with E-state index in [9.17, 15) is 13.6 Å². The van der Waals surface area contributed by atoms with Crippen LogP contribution in [0, 0.1) is 0 Å². The van der Waals surface area contributed by atoms with E-state index >= 15 is 0 Å². The summed E-state index contributed by atoms with van der Waals surface area (Å²) >= 11 is 0. The van der Waals surface area contributed by atoms with Gasteiger partial charge in [-0.3, -0.25) is 4.79 Å². The van der Waals surface area contributed by atoms with Crippen LogP contribution in [0.2, 0.25) is 0 Å². The highest BCUT2D eigenvalue weighted by atomic mass is 19.3. The van der Waals surface area contributed by atoms with E-state index in [0.717, 1.165) is 0 Å². The number of hydrogen-bond acceptors (Lipinski definition) is 2. The molecule has 0 aliphatic carbocycles.